The van der Waals surface area contributed by atoms with Crippen LogP contribution in [0.25, 0.3) is 0 Å². The number of aryl methyl sites for hydroxylation is 1. The number of amides is 3. The third-order valence-electron chi connectivity index (χ3n) is 5.94. The fraction of sp³-hybridized carbons (Fsp3) is 0.591. The van der Waals surface area contributed by atoms with Crippen molar-refractivity contribution in [2.75, 3.05) is 39.0 Å². The van der Waals surface area contributed by atoms with Gasteiger partial charge in [0, 0.05) is 31.6 Å². The van der Waals surface area contributed by atoms with E-state index in [4.69, 9.17) is 0 Å². The molecule has 164 valence electrons. The van der Waals surface area contributed by atoms with Crippen LogP contribution in [0.4, 0.5) is 5.69 Å². The summed E-state index contributed by atoms with van der Waals surface area (Å²) >= 11 is 0. The Hall–Kier alpha value is -2.61. The van der Waals surface area contributed by atoms with Gasteiger partial charge in [-0.3, -0.25) is 14.4 Å². The van der Waals surface area contributed by atoms with Crippen molar-refractivity contribution < 1.29 is 14.4 Å². The van der Waals surface area contributed by atoms with Gasteiger partial charge >= 0.3 is 0 Å². The topological polar surface area (TPSA) is 93.8 Å². The van der Waals surface area contributed by atoms with Crippen molar-refractivity contribution >= 4 is 23.4 Å². The maximum absolute atomic E-state index is 12.8. The lowest BCUT2D eigenvalue weighted by molar-refractivity contribution is -0.139. The van der Waals surface area contributed by atoms with E-state index in [-0.39, 0.29) is 24.1 Å². The number of rotatable bonds is 6. The summed E-state index contributed by atoms with van der Waals surface area (Å²) in [5.41, 5.74) is 1.80. The third-order valence-corrected chi connectivity index (χ3v) is 5.94. The Balaban J connectivity index is 1.65. The molecule has 0 aromatic heterocycles. The van der Waals surface area contributed by atoms with Gasteiger partial charge in [-0.25, -0.2) is 0 Å². The van der Waals surface area contributed by atoms with Crippen LogP contribution in [0.2, 0.25) is 0 Å². The number of fused-ring (bicyclic) bond motifs is 1. The second-order valence-electron chi connectivity index (χ2n) is 8.67. The second-order valence-corrected chi connectivity index (χ2v) is 8.67. The van der Waals surface area contributed by atoms with E-state index in [9.17, 15) is 14.4 Å². The minimum Gasteiger partial charge on any atom is -0.362 e. The van der Waals surface area contributed by atoms with Gasteiger partial charge in [-0.1, -0.05) is 6.07 Å². The molecular formula is C22H33N5O3. The van der Waals surface area contributed by atoms with Crippen LogP contribution in [0.15, 0.2) is 18.2 Å². The number of hydrogen-bond donors (Lipinski definition) is 3. The number of anilines is 1. The van der Waals surface area contributed by atoms with Crippen molar-refractivity contribution in [3.8, 4) is 0 Å². The molecule has 2 atom stereocenters. The summed E-state index contributed by atoms with van der Waals surface area (Å²) < 4.78 is 0. The molecule has 1 saturated heterocycles. The van der Waals surface area contributed by atoms with Gasteiger partial charge in [-0.05, 0) is 65.0 Å². The molecule has 0 unspecified atom stereocenters. The molecule has 2 aliphatic heterocycles. The average Bonchev–Trinajstić information content (AvgIpc) is 2.83. The molecule has 1 aromatic carbocycles. The fourth-order valence-corrected chi connectivity index (χ4v) is 4.11. The first-order chi connectivity index (χ1) is 14.2. The van der Waals surface area contributed by atoms with Gasteiger partial charge in [0.25, 0.3) is 5.91 Å². The van der Waals surface area contributed by atoms with Gasteiger partial charge in [-0.2, -0.15) is 0 Å². The lowest BCUT2D eigenvalue weighted by atomic mass is 9.94. The monoisotopic (exact) mass is 415 g/mol. The summed E-state index contributed by atoms with van der Waals surface area (Å²) in [6.07, 6.45) is 2.15. The Morgan fingerprint density at radius 2 is 2.03 bits per heavy atom. The van der Waals surface area contributed by atoms with E-state index >= 15 is 0 Å². The van der Waals surface area contributed by atoms with Crippen molar-refractivity contribution in [2.24, 2.45) is 0 Å². The molecule has 8 nitrogen and oxygen atoms in total. The minimum atomic E-state index is -0.676. The Morgan fingerprint density at radius 1 is 1.27 bits per heavy atom. The molecule has 3 rings (SSSR count). The standard InChI is InChI=1S/C22H33N5O3/c1-15-6-7-17-18(14-15)24-22(25-21(17)30)9-8-19(28)27(13-10-22)16(2)20(29)23-11-5-12-26(3)4/h6-7,14,16,24H,5,8-13H2,1-4H3,(H,23,29)(H,25,30)/t16-,22+/m0/s1. The van der Waals surface area contributed by atoms with E-state index in [1.807, 2.05) is 39.2 Å². The third kappa shape index (κ3) is 4.92. The summed E-state index contributed by atoms with van der Waals surface area (Å²) in [5.74, 6) is -0.329. The second kappa shape index (κ2) is 9.04. The highest BCUT2D eigenvalue weighted by Crippen LogP contribution is 2.32. The molecular weight excluding hydrogens is 382 g/mol. The number of nitrogens with one attached hydrogen (secondary N) is 3. The van der Waals surface area contributed by atoms with Crippen LogP contribution in [-0.4, -0.2) is 73.0 Å². The van der Waals surface area contributed by atoms with Crippen molar-refractivity contribution in [3.63, 3.8) is 0 Å². The first-order valence-electron chi connectivity index (χ1n) is 10.6. The SMILES string of the molecule is Cc1ccc2c(c1)N[C@]1(CCC(=O)N([C@@H](C)C(=O)NCCCN(C)C)CC1)NC2=O. The molecule has 30 heavy (non-hydrogen) atoms. The van der Waals surface area contributed by atoms with Crippen LogP contribution in [-0.2, 0) is 9.59 Å². The molecule has 0 bridgehead atoms. The molecule has 0 saturated carbocycles. The van der Waals surface area contributed by atoms with Gasteiger partial charge in [0.15, 0.2) is 0 Å². The normalized spacial score (nSPS) is 22.2. The number of hydrogen-bond acceptors (Lipinski definition) is 5. The van der Waals surface area contributed by atoms with E-state index in [1.165, 1.54) is 0 Å². The summed E-state index contributed by atoms with van der Waals surface area (Å²) in [6.45, 7) is 5.63. The first kappa shape index (κ1) is 22.1. The molecule has 2 heterocycles. The van der Waals surface area contributed by atoms with Gasteiger partial charge in [-0.15, -0.1) is 0 Å². The highest BCUT2D eigenvalue weighted by atomic mass is 16.2. The van der Waals surface area contributed by atoms with Crippen LogP contribution in [0, 0.1) is 6.92 Å². The van der Waals surface area contributed by atoms with Crippen LogP contribution >= 0.6 is 0 Å². The van der Waals surface area contributed by atoms with Crippen molar-refractivity contribution in [2.45, 2.75) is 51.2 Å². The minimum absolute atomic E-state index is 0.0612. The predicted octanol–water partition coefficient (Wildman–Crippen LogP) is 1.32. The first-order valence-corrected chi connectivity index (χ1v) is 10.6. The highest BCUT2D eigenvalue weighted by Gasteiger charge is 2.41. The summed E-state index contributed by atoms with van der Waals surface area (Å²) in [4.78, 5) is 41.7. The molecule has 1 spiro atoms. The van der Waals surface area contributed by atoms with Crippen LogP contribution in [0.5, 0.6) is 0 Å². The van der Waals surface area contributed by atoms with Crippen molar-refractivity contribution in [1.29, 1.82) is 0 Å². The zero-order valence-electron chi connectivity index (χ0n) is 18.4. The number of carbonyl (C=O) groups is 3. The quantitative estimate of drug-likeness (QED) is 0.609. The molecule has 3 N–H and O–H groups in total. The highest BCUT2D eigenvalue weighted by molar-refractivity contribution is 6.02. The number of likely N-dealkylation sites (tertiary alicyclic amines) is 1. The molecule has 3 amide bonds. The van der Waals surface area contributed by atoms with E-state index in [1.54, 1.807) is 11.8 Å². The van der Waals surface area contributed by atoms with Crippen LogP contribution < -0.4 is 16.0 Å². The van der Waals surface area contributed by atoms with Gasteiger partial charge in [0.1, 0.15) is 11.7 Å². The Bertz CT molecular complexity index is 825. The maximum atomic E-state index is 12.8. The van der Waals surface area contributed by atoms with E-state index in [0.29, 0.717) is 31.5 Å². The molecule has 1 aromatic rings. The molecule has 8 heteroatoms. The largest absolute Gasteiger partial charge is 0.362 e. The van der Waals surface area contributed by atoms with Crippen LogP contribution in [0.3, 0.4) is 0 Å². The zero-order valence-corrected chi connectivity index (χ0v) is 18.4. The van der Waals surface area contributed by atoms with Gasteiger partial charge in [0.05, 0.1) is 5.56 Å². The van der Waals surface area contributed by atoms with E-state index < -0.39 is 11.7 Å². The molecule has 0 aliphatic carbocycles. The van der Waals surface area contributed by atoms with Crippen molar-refractivity contribution in [1.82, 2.24) is 20.4 Å². The molecule has 1 fully saturated rings. The number of carbonyl (C=O) groups excluding carboxylic acids is 3. The Labute approximate surface area is 178 Å². The van der Waals surface area contributed by atoms with Crippen molar-refractivity contribution in [3.05, 3.63) is 29.3 Å². The maximum Gasteiger partial charge on any atom is 0.255 e. The summed E-state index contributed by atoms with van der Waals surface area (Å²) in [7, 11) is 3.99. The lowest BCUT2D eigenvalue weighted by Gasteiger charge is -2.40. The van der Waals surface area contributed by atoms with Crippen LogP contribution in [0.1, 0.15) is 48.5 Å². The lowest BCUT2D eigenvalue weighted by Crippen LogP contribution is -2.58. The van der Waals surface area contributed by atoms with Gasteiger partial charge < -0.3 is 25.8 Å². The number of benzene rings is 1. The molecule has 2 aliphatic rings. The van der Waals surface area contributed by atoms with E-state index in [0.717, 1.165) is 24.2 Å². The summed E-state index contributed by atoms with van der Waals surface area (Å²) in [5, 5.41) is 9.47. The smallest absolute Gasteiger partial charge is 0.255 e. The average molecular weight is 416 g/mol. The van der Waals surface area contributed by atoms with Gasteiger partial charge in [0.2, 0.25) is 11.8 Å². The zero-order chi connectivity index (χ0) is 21.9. The number of nitrogens with zero attached hydrogens (tertiary/aromatic N) is 2. The Kier molecular flexibility index (Phi) is 6.65. The summed E-state index contributed by atoms with van der Waals surface area (Å²) in [6, 6.07) is 5.15. The van der Waals surface area contributed by atoms with E-state index in [2.05, 4.69) is 20.9 Å². The predicted molar refractivity (Wildman–Crippen MR) is 116 cm³/mol. The molecule has 0 radical (unpaired) electrons. The Morgan fingerprint density at radius 3 is 2.77 bits per heavy atom. The fourth-order valence-electron chi connectivity index (χ4n) is 4.11.